The Kier molecular flexibility index (Phi) is 4.96. The maximum atomic E-state index is 13.7. The molecule has 1 aliphatic carbocycles. The Morgan fingerprint density at radius 3 is 2.32 bits per heavy atom. The molecule has 0 unspecified atom stereocenters. The molecule has 0 heterocycles. The molecule has 0 saturated heterocycles. The number of alkyl halides is 3. The van der Waals surface area contributed by atoms with Crippen LogP contribution in [0.5, 0.6) is 5.75 Å². The molecule has 3 rings (SSSR count). The van der Waals surface area contributed by atoms with Crippen molar-refractivity contribution >= 4 is 10.8 Å². The Morgan fingerprint density at radius 2 is 1.72 bits per heavy atom. The highest BCUT2D eigenvalue weighted by Gasteiger charge is 2.37. The van der Waals surface area contributed by atoms with Gasteiger partial charge in [0.05, 0.1) is 12.7 Å². The van der Waals surface area contributed by atoms with Gasteiger partial charge in [-0.1, -0.05) is 32.0 Å². The SMILES string of the molecule is C[C@@H]1C[C@H](C)C[C@@H](Oc2ccc3cc(CO)ccc3c2C(F)(F)F)C1. The van der Waals surface area contributed by atoms with E-state index in [4.69, 9.17) is 4.74 Å². The molecule has 1 N–H and O–H groups in total. The molecule has 1 aliphatic rings. The van der Waals surface area contributed by atoms with E-state index in [-0.39, 0.29) is 23.8 Å². The van der Waals surface area contributed by atoms with Crippen molar-refractivity contribution in [1.29, 1.82) is 0 Å². The molecule has 3 atom stereocenters. The molecular formula is C20H23F3O2. The fraction of sp³-hybridized carbons (Fsp3) is 0.500. The van der Waals surface area contributed by atoms with Crippen molar-refractivity contribution in [2.24, 2.45) is 11.8 Å². The zero-order chi connectivity index (χ0) is 18.2. The van der Waals surface area contributed by atoms with Gasteiger partial charge >= 0.3 is 6.18 Å². The molecule has 1 fully saturated rings. The number of ether oxygens (including phenoxy) is 1. The first kappa shape index (κ1) is 18.1. The summed E-state index contributed by atoms with van der Waals surface area (Å²) in [7, 11) is 0. The molecule has 2 aromatic rings. The lowest BCUT2D eigenvalue weighted by Crippen LogP contribution is -2.29. The lowest BCUT2D eigenvalue weighted by atomic mass is 9.82. The summed E-state index contributed by atoms with van der Waals surface area (Å²) in [5.74, 6) is 0.814. The van der Waals surface area contributed by atoms with Gasteiger partial charge in [0.2, 0.25) is 0 Å². The minimum atomic E-state index is -4.50. The van der Waals surface area contributed by atoms with Crippen molar-refractivity contribution < 1.29 is 23.0 Å². The van der Waals surface area contributed by atoms with E-state index in [1.165, 1.54) is 18.2 Å². The van der Waals surface area contributed by atoms with Gasteiger partial charge in [-0.15, -0.1) is 0 Å². The van der Waals surface area contributed by atoms with Crippen LogP contribution in [-0.4, -0.2) is 11.2 Å². The molecule has 25 heavy (non-hydrogen) atoms. The van der Waals surface area contributed by atoms with Gasteiger partial charge in [0.25, 0.3) is 0 Å². The molecule has 2 nitrogen and oxygen atoms in total. The van der Waals surface area contributed by atoms with Crippen LogP contribution in [0.15, 0.2) is 30.3 Å². The molecule has 136 valence electrons. The minimum Gasteiger partial charge on any atom is -0.490 e. The molecule has 1 saturated carbocycles. The first-order valence-corrected chi connectivity index (χ1v) is 8.68. The number of fused-ring (bicyclic) bond motifs is 1. The van der Waals surface area contributed by atoms with Crippen LogP contribution in [-0.2, 0) is 12.8 Å². The summed E-state index contributed by atoms with van der Waals surface area (Å²) in [6.45, 7) is 4.04. The third kappa shape index (κ3) is 3.92. The van der Waals surface area contributed by atoms with E-state index in [0.717, 1.165) is 19.3 Å². The highest BCUT2D eigenvalue weighted by molar-refractivity contribution is 5.89. The zero-order valence-corrected chi connectivity index (χ0v) is 14.4. The van der Waals surface area contributed by atoms with Crippen molar-refractivity contribution in [1.82, 2.24) is 0 Å². The fourth-order valence-electron chi connectivity index (χ4n) is 4.00. The summed E-state index contributed by atoms with van der Waals surface area (Å²) in [5, 5.41) is 9.77. The van der Waals surface area contributed by atoms with E-state index in [2.05, 4.69) is 13.8 Å². The van der Waals surface area contributed by atoms with Crippen molar-refractivity contribution in [3.8, 4) is 5.75 Å². The van der Waals surface area contributed by atoms with Crippen molar-refractivity contribution in [2.75, 3.05) is 0 Å². The summed E-state index contributed by atoms with van der Waals surface area (Å²) < 4.78 is 47.1. The number of halogens is 3. The lowest BCUT2D eigenvalue weighted by Gasteiger charge is -2.32. The smallest absolute Gasteiger partial charge is 0.420 e. The first-order valence-electron chi connectivity index (χ1n) is 8.68. The van der Waals surface area contributed by atoms with Crippen LogP contribution in [0.1, 0.15) is 44.2 Å². The Hall–Kier alpha value is -1.75. The Balaban J connectivity index is 2.02. The van der Waals surface area contributed by atoms with Gasteiger partial charge in [0.1, 0.15) is 11.3 Å². The molecule has 0 amide bonds. The van der Waals surface area contributed by atoms with Gasteiger partial charge in [-0.2, -0.15) is 13.2 Å². The van der Waals surface area contributed by atoms with Crippen LogP contribution in [0, 0.1) is 11.8 Å². The van der Waals surface area contributed by atoms with Crippen molar-refractivity contribution in [2.45, 2.75) is 52.0 Å². The number of rotatable bonds is 3. The summed E-state index contributed by atoms with van der Waals surface area (Å²) in [5.41, 5.74) is -0.135. The van der Waals surface area contributed by atoms with Crippen LogP contribution in [0.4, 0.5) is 13.2 Å². The topological polar surface area (TPSA) is 29.5 Å². The highest BCUT2D eigenvalue weighted by Crippen LogP contribution is 2.43. The lowest BCUT2D eigenvalue weighted by molar-refractivity contribution is -0.138. The van der Waals surface area contributed by atoms with E-state index in [0.29, 0.717) is 22.8 Å². The maximum absolute atomic E-state index is 13.7. The van der Waals surface area contributed by atoms with E-state index in [9.17, 15) is 18.3 Å². The Bertz CT molecular complexity index is 744. The third-order valence-electron chi connectivity index (χ3n) is 4.94. The monoisotopic (exact) mass is 352 g/mol. The number of aliphatic hydroxyl groups is 1. The fourth-order valence-corrected chi connectivity index (χ4v) is 4.00. The standard InChI is InChI=1S/C20H23F3O2/c1-12-7-13(2)9-16(8-12)25-18-6-4-15-10-14(11-24)3-5-17(15)19(18)20(21,22)23/h3-6,10,12-13,16,24H,7-9,11H2,1-2H3/t12-,13+,16+. The molecule has 5 heteroatoms. The van der Waals surface area contributed by atoms with E-state index < -0.39 is 11.7 Å². The van der Waals surface area contributed by atoms with Gasteiger partial charge in [0.15, 0.2) is 0 Å². The third-order valence-corrected chi connectivity index (χ3v) is 4.94. The second kappa shape index (κ2) is 6.87. The van der Waals surface area contributed by atoms with Crippen LogP contribution in [0.3, 0.4) is 0 Å². The van der Waals surface area contributed by atoms with E-state index in [1.54, 1.807) is 12.1 Å². The number of aliphatic hydroxyl groups excluding tert-OH is 1. The second-order valence-corrected chi connectivity index (χ2v) is 7.31. The Morgan fingerprint density at radius 1 is 1.04 bits per heavy atom. The van der Waals surface area contributed by atoms with Crippen molar-refractivity contribution in [3.05, 3.63) is 41.5 Å². The summed E-state index contributed by atoms with van der Waals surface area (Å²) >= 11 is 0. The normalized spacial score (nSPS) is 24.5. The zero-order valence-electron chi connectivity index (χ0n) is 14.4. The summed E-state index contributed by atoms with van der Waals surface area (Å²) in [4.78, 5) is 0. The largest absolute Gasteiger partial charge is 0.490 e. The van der Waals surface area contributed by atoms with Gasteiger partial charge in [-0.3, -0.25) is 0 Å². The second-order valence-electron chi connectivity index (χ2n) is 7.31. The summed E-state index contributed by atoms with van der Waals surface area (Å²) in [6, 6.07) is 7.57. The average Bonchev–Trinajstić information content (AvgIpc) is 2.52. The molecule has 0 aromatic heterocycles. The molecule has 0 bridgehead atoms. The van der Waals surface area contributed by atoms with Gasteiger partial charge < -0.3 is 9.84 Å². The number of hydrogen-bond acceptors (Lipinski definition) is 2. The van der Waals surface area contributed by atoms with Crippen LogP contribution < -0.4 is 4.74 Å². The predicted molar refractivity (Wildman–Crippen MR) is 91.5 cm³/mol. The first-order chi connectivity index (χ1) is 11.8. The van der Waals surface area contributed by atoms with Crippen LogP contribution in [0.25, 0.3) is 10.8 Å². The maximum Gasteiger partial charge on any atom is 0.420 e. The summed E-state index contributed by atoms with van der Waals surface area (Å²) in [6.07, 6.45) is -2.03. The quantitative estimate of drug-likeness (QED) is 0.784. The molecule has 2 aromatic carbocycles. The number of benzene rings is 2. The van der Waals surface area contributed by atoms with E-state index in [1.807, 2.05) is 0 Å². The minimum absolute atomic E-state index is 0.0944. The highest BCUT2D eigenvalue weighted by atomic mass is 19.4. The predicted octanol–water partition coefficient (Wildman–Crippen LogP) is 5.55. The molecular weight excluding hydrogens is 329 g/mol. The molecule has 0 aliphatic heterocycles. The molecule has 0 radical (unpaired) electrons. The van der Waals surface area contributed by atoms with Gasteiger partial charge in [-0.05, 0) is 59.6 Å². The average molecular weight is 352 g/mol. The Labute approximate surface area is 145 Å². The van der Waals surface area contributed by atoms with Gasteiger partial charge in [-0.25, -0.2) is 0 Å². The molecule has 0 spiro atoms. The van der Waals surface area contributed by atoms with Gasteiger partial charge in [0, 0.05) is 0 Å². The van der Waals surface area contributed by atoms with Crippen LogP contribution in [0.2, 0.25) is 0 Å². The van der Waals surface area contributed by atoms with Crippen molar-refractivity contribution in [3.63, 3.8) is 0 Å². The number of hydrogen-bond donors (Lipinski definition) is 1. The van der Waals surface area contributed by atoms with E-state index >= 15 is 0 Å². The van der Waals surface area contributed by atoms with Crippen LogP contribution >= 0.6 is 0 Å².